The van der Waals surface area contributed by atoms with Gasteiger partial charge in [-0.25, -0.2) is 14.6 Å². The van der Waals surface area contributed by atoms with Crippen LogP contribution in [0.15, 0.2) is 75.3 Å². The number of aromatic nitrogens is 1. The molecule has 0 unspecified atom stereocenters. The molecule has 0 N–H and O–H groups in total. The zero-order valence-corrected chi connectivity index (χ0v) is 18.4. The van der Waals surface area contributed by atoms with Crippen molar-refractivity contribution < 1.29 is 13.9 Å². The monoisotopic (exact) mass is 441 g/mol. The molecule has 3 aromatic heterocycles. The van der Waals surface area contributed by atoms with Crippen molar-refractivity contribution in [2.45, 2.75) is 20.5 Å². The first-order valence-corrected chi connectivity index (χ1v) is 11.0. The quantitative estimate of drug-likeness (QED) is 0.251. The molecule has 0 bridgehead atoms. The number of pyridine rings is 1. The van der Waals surface area contributed by atoms with Gasteiger partial charge in [-0.1, -0.05) is 36.4 Å². The molecule has 32 heavy (non-hydrogen) atoms. The van der Waals surface area contributed by atoms with Crippen molar-refractivity contribution in [3.63, 3.8) is 0 Å². The Morgan fingerprint density at radius 3 is 2.69 bits per heavy atom. The molecule has 0 saturated heterocycles. The van der Waals surface area contributed by atoms with Gasteiger partial charge in [0.15, 0.2) is 0 Å². The van der Waals surface area contributed by atoms with Crippen LogP contribution in [0.25, 0.3) is 32.4 Å². The predicted molar refractivity (Wildman–Crippen MR) is 126 cm³/mol. The number of benzene rings is 2. The zero-order valence-electron chi connectivity index (χ0n) is 17.5. The smallest absolute Gasteiger partial charge is 0.339 e. The first kappa shape index (κ1) is 20.2. The molecule has 6 heteroatoms. The van der Waals surface area contributed by atoms with E-state index >= 15 is 0 Å². The fourth-order valence-electron chi connectivity index (χ4n) is 3.76. The summed E-state index contributed by atoms with van der Waals surface area (Å²) in [5.41, 5.74) is 4.49. The number of rotatable bonds is 4. The van der Waals surface area contributed by atoms with E-state index < -0.39 is 11.6 Å². The minimum absolute atomic E-state index is 0.0333. The number of carbonyl (C=O) groups excluding carboxylic acids is 1. The summed E-state index contributed by atoms with van der Waals surface area (Å²) in [6, 6.07) is 18.4. The maximum Gasteiger partial charge on any atom is 0.339 e. The van der Waals surface area contributed by atoms with Crippen molar-refractivity contribution >= 4 is 39.2 Å². The second-order valence-corrected chi connectivity index (χ2v) is 8.55. The number of aryl methyl sites for hydroxylation is 2. The van der Waals surface area contributed by atoms with E-state index in [0.717, 1.165) is 38.0 Å². The molecule has 0 atom stereocenters. The van der Waals surface area contributed by atoms with Crippen LogP contribution in [0.2, 0.25) is 0 Å². The number of fused-ring (bicyclic) bond motifs is 2. The number of ether oxygens (including phenoxy) is 1. The van der Waals surface area contributed by atoms with E-state index in [-0.39, 0.29) is 6.61 Å². The van der Waals surface area contributed by atoms with Crippen molar-refractivity contribution in [2.75, 3.05) is 0 Å². The maximum absolute atomic E-state index is 13.1. The van der Waals surface area contributed by atoms with E-state index in [1.54, 1.807) is 17.4 Å². The van der Waals surface area contributed by atoms with Crippen molar-refractivity contribution in [3.05, 3.63) is 98.7 Å². The van der Waals surface area contributed by atoms with Gasteiger partial charge < -0.3 is 9.15 Å². The molecule has 0 saturated carbocycles. The van der Waals surface area contributed by atoms with Crippen LogP contribution >= 0.6 is 11.3 Å². The van der Waals surface area contributed by atoms with E-state index in [1.807, 2.05) is 67.8 Å². The molecule has 0 amide bonds. The lowest BCUT2D eigenvalue weighted by atomic mass is 10.0. The lowest BCUT2D eigenvalue weighted by molar-refractivity contribution is 0.0476. The molecule has 5 nitrogen and oxygen atoms in total. The highest BCUT2D eigenvalue weighted by atomic mass is 32.1. The average molecular weight is 442 g/mol. The number of hydrogen-bond donors (Lipinski definition) is 0. The number of hydrogen-bond acceptors (Lipinski definition) is 6. The van der Waals surface area contributed by atoms with Gasteiger partial charge in [0.1, 0.15) is 12.2 Å². The highest BCUT2D eigenvalue weighted by Crippen LogP contribution is 2.29. The van der Waals surface area contributed by atoms with E-state index in [0.29, 0.717) is 16.7 Å². The third kappa shape index (κ3) is 3.59. The average Bonchev–Trinajstić information content (AvgIpc) is 3.34. The number of carbonyl (C=O) groups is 1. The summed E-state index contributed by atoms with van der Waals surface area (Å²) < 4.78 is 11.1. The first-order chi connectivity index (χ1) is 15.5. The first-order valence-electron chi connectivity index (χ1n) is 10.1. The summed E-state index contributed by atoms with van der Waals surface area (Å²) in [5, 5.41) is 3.46. The van der Waals surface area contributed by atoms with E-state index in [4.69, 9.17) is 14.1 Å². The standard InChI is InChI=1S/C26H19NO4S/c1-15-9-10-18-17(12-24(28)31-25(18)16(15)2)14-30-26(29)20-13-22(23-8-5-11-32-23)27-21-7-4-3-6-19(20)21/h3-13H,14H2,1-2H3. The maximum atomic E-state index is 13.1. The van der Waals surface area contributed by atoms with Crippen LogP contribution in [-0.2, 0) is 11.3 Å². The van der Waals surface area contributed by atoms with Crippen LogP contribution in [0.5, 0.6) is 0 Å². The fraction of sp³-hybridized carbons (Fsp3) is 0.115. The topological polar surface area (TPSA) is 69.4 Å². The van der Waals surface area contributed by atoms with Crippen LogP contribution in [0.3, 0.4) is 0 Å². The van der Waals surface area contributed by atoms with E-state index in [1.165, 1.54) is 6.07 Å². The Morgan fingerprint density at radius 1 is 1.03 bits per heavy atom. The molecular formula is C26H19NO4S. The highest BCUT2D eigenvalue weighted by molar-refractivity contribution is 7.13. The molecule has 0 aliphatic rings. The molecule has 0 spiro atoms. The van der Waals surface area contributed by atoms with E-state index in [9.17, 15) is 9.59 Å². The van der Waals surface area contributed by atoms with Gasteiger partial charge in [-0.2, -0.15) is 0 Å². The van der Waals surface area contributed by atoms with Gasteiger partial charge in [0, 0.05) is 22.4 Å². The predicted octanol–water partition coefficient (Wildman–Crippen LogP) is 6.04. The Kier molecular flexibility index (Phi) is 5.07. The summed E-state index contributed by atoms with van der Waals surface area (Å²) in [5.74, 6) is -0.466. The van der Waals surface area contributed by atoms with Gasteiger partial charge in [0.05, 0.1) is 21.7 Å². The second kappa shape index (κ2) is 8.05. The molecule has 158 valence electrons. The van der Waals surface area contributed by atoms with Crippen molar-refractivity contribution in [3.8, 4) is 10.6 Å². The van der Waals surface area contributed by atoms with Gasteiger partial charge >= 0.3 is 11.6 Å². The Bertz CT molecular complexity index is 1530. The summed E-state index contributed by atoms with van der Waals surface area (Å²) in [6.45, 7) is 3.83. The number of esters is 1. The minimum atomic E-state index is -0.466. The lowest BCUT2D eigenvalue weighted by Gasteiger charge is -2.11. The number of thiophene rings is 1. The number of nitrogens with zero attached hydrogens (tertiary/aromatic N) is 1. The molecule has 3 heterocycles. The summed E-state index contributed by atoms with van der Waals surface area (Å²) in [7, 11) is 0. The Balaban J connectivity index is 1.53. The van der Waals surface area contributed by atoms with Gasteiger partial charge in [0.25, 0.3) is 0 Å². The fourth-order valence-corrected chi connectivity index (χ4v) is 4.45. The van der Waals surface area contributed by atoms with Crippen LogP contribution < -0.4 is 5.63 Å². The molecule has 2 aromatic carbocycles. The summed E-state index contributed by atoms with van der Waals surface area (Å²) >= 11 is 1.56. The Hall–Kier alpha value is -3.77. The highest BCUT2D eigenvalue weighted by Gasteiger charge is 2.17. The van der Waals surface area contributed by atoms with Gasteiger partial charge in [-0.05, 0) is 48.6 Å². The normalized spacial score (nSPS) is 11.2. The molecule has 5 aromatic rings. The molecule has 5 rings (SSSR count). The van der Waals surface area contributed by atoms with Crippen molar-refractivity contribution in [1.29, 1.82) is 0 Å². The summed E-state index contributed by atoms with van der Waals surface area (Å²) in [6.07, 6.45) is 0. The zero-order chi connectivity index (χ0) is 22.2. The van der Waals surface area contributed by atoms with Crippen LogP contribution in [0.1, 0.15) is 27.0 Å². The third-order valence-electron chi connectivity index (χ3n) is 5.59. The van der Waals surface area contributed by atoms with Gasteiger partial charge in [-0.3, -0.25) is 0 Å². The number of para-hydroxylation sites is 1. The van der Waals surface area contributed by atoms with Crippen LogP contribution in [-0.4, -0.2) is 11.0 Å². The molecular weight excluding hydrogens is 422 g/mol. The minimum Gasteiger partial charge on any atom is -0.457 e. The Labute approximate surface area is 187 Å². The van der Waals surface area contributed by atoms with E-state index in [2.05, 4.69) is 0 Å². The third-order valence-corrected chi connectivity index (χ3v) is 6.48. The van der Waals surface area contributed by atoms with Gasteiger partial charge in [0.2, 0.25) is 0 Å². The van der Waals surface area contributed by atoms with Crippen LogP contribution in [0.4, 0.5) is 0 Å². The summed E-state index contributed by atoms with van der Waals surface area (Å²) in [4.78, 5) is 30.9. The van der Waals surface area contributed by atoms with Crippen molar-refractivity contribution in [2.24, 2.45) is 0 Å². The lowest BCUT2D eigenvalue weighted by Crippen LogP contribution is -2.09. The largest absolute Gasteiger partial charge is 0.457 e. The molecule has 0 radical (unpaired) electrons. The molecule has 0 aliphatic carbocycles. The van der Waals surface area contributed by atoms with Gasteiger partial charge in [-0.15, -0.1) is 11.3 Å². The second-order valence-electron chi connectivity index (χ2n) is 7.60. The Morgan fingerprint density at radius 2 is 1.88 bits per heavy atom. The van der Waals surface area contributed by atoms with Crippen molar-refractivity contribution in [1.82, 2.24) is 4.98 Å². The SMILES string of the molecule is Cc1ccc2c(COC(=O)c3cc(-c4cccs4)nc4ccccc34)cc(=O)oc2c1C. The van der Waals surface area contributed by atoms with Crippen LogP contribution in [0, 0.1) is 13.8 Å². The molecule has 0 fully saturated rings. The molecule has 0 aliphatic heterocycles.